The van der Waals surface area contributed by atoms with Crippen LogP contribution in [0.4, 0.5) is 0 Å². The largest absolute Gasteiger partial charge is 0.382 e. The van der Waals surface area contributed by atoms with E-state index in [-0.39, 0.29) is 24.7 Å². The number of carbonyl (C=O) groups excluding carboxylic acids is 1. The molecular weight excluding hydrogens is 276 g/mol. The van der Waals surface area contributed by atoms with E-state index in [2.05, 4.69) is 0 Å². The van der Waals surface area contributed by atoms with E-state index in [1.54, 1.807) is 7.11 Å². The SMILES string of the molecule is COCCOCOC1CC(CC=O)C(C2(C)OCCO2)C1. The third kappa shape index (κ3) is 4.47. The minimum Gasteiger partial charge on any atom is -0.382 e. The van der Waals surface area contributed by atoms with Crippen LogP contribution >= 0.6 is 0 Å². The molecule has 0 spiro atoms. The van der Waals surface area contributed by atoms with Gasteiger partial charge in [0.05, 0.1) is 32.5 Å². The van der Waals surface area contributed by atoms with Gasteiger partial charge < -0.3 is 28.5 Å². The zero-order chi connectivity index (χ0) is 15.1. The molecule has 122 valence electrons. The number of hydrogen-bond acceptors (Lipinski definition) is 6. The Morgan fingerprint density at radius 2 is 2.00 bits per heavy atom. The Balaban J connectivity index is 1.82. The van der Waals surface area contributed by atoms with E-state index in [1.165, 1.54) is 0 Å². The Morgan fingerprint density at radius 1 is 1.24 bits per heavy atom. The molecular formula is C15H26O6. The van der Waals surface area contributed by atoms with Crippen LogP contribution in [-0.4, -0.2) is 58.5 Å². The van der Waals surface area contributed by atoms with Crippen molar-refractivity contribution in [2.75, 3.05) is 40.3 Å². The maximum atomic E-state index is 10.9. The summed E-state index contributed by atoms with van der Waals surface area (Å²) in [5.41, 5.74) is 0. The molecule has 2 rings (SSSR count). The molecule has 6 nitrogen and oxygen atoms in total. The Morgan fingerprint density at radius 3 is 2.67 bits per heavy atom. The summed E-state index contributed by atoms with van der Waals surface area (Å²) < 4.78 is 27.5. The summed E-state index contributed by atoms with van der Waals surface area (Å²) in [6, 6.07) is 0. The van der Waals surface area contributed by atoms with Crippen LogP contribution in [0.25, 0.3) is 0 Å². The van der Waals surface area contributed by atoms with E-state index in [0.29, 0.717) is 32.8 Å². The van der Waals surface area contributed by atoms with Crippen molar-refractivity contribution in [3.8, 4) is 0 Å². The topological polar surface area (TPSA) is 63.2 Å². The molecule has 1 heterocycles. The molecule has 1 aliphatic heterocycles. The fourth-order valence-corrected chi connectivity index (χ4v) is 3.33. The summed E-state index contributed by atoms with van der Waals surface area (Å²) in [6.45, 7) is 4.55. The highest BCUT2D eigenvalue weighted by Gasteiger charge is 2.49. The standard InChI is InChI=1S/C15H26O6/c1-15(20-7-8-21-15)14-10-13(9-12(14)3-4-16)19-11-18-6-5-17-2/h4,12-14H,3,5-11H2,1-2H3. The smallest absolute Gasteiger partial charge is 0.168 e. The lowest BCUT2D eigenvalue weighted by molar-refractivity contribution is -0.191. The monoisotopic (exact) mass is 302 g/mol. The fraction of sp³-hybridized carbons (Fsp3) is 0.933. The number of carbonyl (C=O) groups is 1. The molecule has 1 saturated carbocycles. The maximum absolute atomic E-state index is 10.9. The highest BCUT2D eigenvalue weighted by atomic mass is 16.7. The van der Waals surface area contributed by atoms with Crippen molar-refractivity contribution in [3.63, 3.8) is 0 Å². The predicted molar refractivity (Wildman–Crippen MR) is 74.8 cm³/mol. The Hall–Kier alpha value is -0.530. The second kappa shape index (κ2) is 8.19. The molecule has 0 radical (unpaired) electrons. The average Bonchev–Trinajstić information content (AvgIpc) is 3.07. The van der Waals surface area contributed by atoms with E-state index < -0.39 is 5.79 Å². The van der Waals surface area contributed by atoms with Crippen molar-refractivity contribution < 1.29 is 28.5 Å². The quantitative estimate of drug-likeness (QED) is 0.364. The number of methoxy groups -OCH3 is 1. The van der Waals surface area contributed by atoms with E-state index >= 15 is 0 Å². The second-order valence-corrected chi connectivity index (χ2v) is 5.76. The number of ether oxygens (including phenoxy) is 5. The van der Waals surface area contributed by atoms with Gasteiger partial charge in [0.15, 0.2) is 5.79 Å². The van der Waals surface area contributed by atoms with Gasteiger partial charge in [0.2, 0.25) is 0 Å². The summed E-state index contributed by atoms with van der Waals surface area (Å²) in [7, 11) is 1.64. The molecule has 3 atom stereocenters. The minimum atomic E-state index is -0.581. The molecule has 3 unspecified atom stereocenters. The number of aldehydes is 1. The first-order valence-electron chi connectivity index (χ1n) is 7.59. The first kappa shape index (κ1) is 16.8. The van der Waals surface area contributed by atoms with Gasteiger partial charge in [0.1, 0.15) is 13.1 Å². The molecule has 0 aromatic rings. The summed E-state index contributed by atoms with van der Waals surface area (Å²) in [5, 5.41) is 0. The van der Waals surface area contributed by atoms with Crippen LogP contribution in [0, 0.1) is 11.8 Å². The van der Waals surface area contributed by atoms with Crippen molar-refractivity contribution in [1.82, 2.24) is 0 Å². The molecule has 0 aromatic carbocycles. The van der Waals surface area contributed by atoms with Gasteiger partial charge in [-0.1, -0.05) is 0 Å². The van der Waals surface area contributed by atoms with Gasteiger partial charge in [-0.15, -0.1) is 0 Å². The highest BCUT2D eigenvalue weighted by molar-refractivity contribution is 5.50. The van der Waals surface area contributed by atoms with Crippen LogP contribution in [0.1, 0.15) is 26.2 Å². The van der Waals surface area contributed by atoms with Gasteiger partial charge in [0, 0.05) is 19.4 Å². The van der Waals surface area contributed by atoms with E-state index in [0.717, 1.165) is 19.1 Å². The minimum absolute atomic E-state index is 0.0899. The van der Waals surface area contributed by atoms with Gasteiger partial charge in [-0.25, -0.2) is 0 Å². The molecule has 21 heavy (non-hydrogen) atoms. The lowest BCUT2D eigenvalue weighted by Crippen LogP contribution is -2.38. The van der Waals surface area contributed by atoms with Gasteiger partial charge in [-0.2, -0.15) is 0 Å². The van der Waals surface area contributed by atoms with Crippen LogP contribution in [0.3, 0.4) is 0 Å². The van der Waals surface area contributed by atoms with Crippen LogP contribution in [0.2, 0.25) is 0 Å². The Bertz CT molecular complexity index is 315. The molecule has 6 heteroatoms. The van der Waals surface area contributed by atoms with Crippen molar-refractivity contribution in [2.45, 2.75) is 38.1 Å². The van der Waals surface area contributed by atoms with Crippen LogP contribution < -0.4 is 0 Å². The first-order chi connectivity index (χ1) is 10.2. The molecule has 0 bridgehead atoms. The Kier molecular flexibility index (Phi) is 6.57. The predicted octanol–water partition coefficient (Wildman–Crippen LogP) is 1.37. The van der Waals surface area contributed by atoms with Crippen molar-refractivity contribution in [3.05, 3.63) is 0 Å². The van der Waals surface area contributed by atoms with Crippen LogP contribution in [0.15, 0.2) is 0 Å². The molecule has 1 saturated heterocycles. The fourth-order valence-electron chi connectivity index (χ4n) is 3.33. The van der Waals surface area contributed by atoms with Crippen molar-refractivity contribution >= 4 is 6.29 Å². The lowest BCUT2D eigenvalue weighted by Gasteiger charge is -2.32. The number of rotatable bonds is 9. The van der Waals surface area contributed by atoms with E-state index in [4.69, 9.17) is 23.7 Å². The van der Waals surface area contributed by atoms with E-state index in [1.807, 2.05) is 6.92 Å². The second-order valence-electron chi connectivity index (χ2n) is 5.76. The molecule has 2 aliphatic rings. The summed E-state index contributed by atoms with van der Waals surface area (Å²) in [5.74, 6) is -0.147. The van der Waals surface area contributed by atoms with Crippen molar-refractivity contribution in [2.24, 2.45) is 11.8 Å². The van der Waals surface area contributed by atoms with Gasteiger partial charge in [-0.05, 0) is 25.7 Å². The van der Waals surface area contributed by atoms with Gasteiger partial charge in [-0.3, -0.25) is 0 Å². The molecule has 0 N–H and O–H groups in total. The molecule has 0 aromatic heterocycles. The van der Waals surface area contributed by atoms with E-state index in [9.17, 15) is 4.79 Å². The number of hydrogen-bond donors (Lipinski definition) is 0. The zero-order valence-corrected chi connectivity index (χ0v) is 12.9. The normalized spacial score (nSPS) is 31.6. The van der Waals surface area contributed by atoms with Gasteiger partial charge >= 0.3 is 0 Å². The average molecular weight is 302 g/mol. The third-order valence-corrected chi connectivity index (χ3v) is 4.40. The van der Waals surface area contributed by atoms with Gasteiger partial charge in [0.25, 0.3) is 0 Å². The summed E-state index contributed by atoms with van der Waals surface area (Å²) in [4.78, 5) is 10.9. The summed E-state index contributed by atoms with van der Waals surface area (Å²) in [6.07, 6.45) is 3.28. The van der Waals surface area contributed by atoms with Crippen molar-refractivity contribution in [1.29, 1.82) is 0 Å². The maximum Gasteiger partial charge on any atom is 0.168 e. The lowest BCUT2D eigenvalue weighted by atomic mass is 9.87. The van der Waals surface area contributed by atoms with Crippen LogP contribution in [-0.2, 0) is 28.5 Å². The molecule has 1 aliphatic carbocycles. The first-order valence-corrected chi connectivity index (χ1v) is 7.59. The third-order valence-electron chi connectivity index (χ3n) is 4.40. The summed E-state index contributed by atoms with van der Waals surface area (Å²) >= 11 is 0. The highest BCUT2D eigenvalue weighted by Crippen LogP contribution is 2.45. The molecule has 0 amide bonds. The Labute approximate surface area is 126 Å². The molecule has 2 fully saturated rings. The zero-order valence-electron chi connectivity index (χ0n) is 12.9. The van der Waals surface area contributed by atoms with Crippen LogP contribution in [0.5, 0.6) is 0 Å².